The van der Waals surface area contributed by atoms with Crippen molar-refractivity contribution in [2.45, 2.75) is 33.4 Å². The van der Waals surface area contributed by atoms with Gasteiger partial charge in [0.1, 0.15) is 5.82 Å². The van der Waals surface area contributed by atoms with E-state index >= 15 is 0 Å². The lowest BCUT2D eigenvalue weighted by atomic mass is 10.1. The minimum absolute atomic E-state index is 0.154. The Labute approximate surface area is 158 Å². The van der Waals surface area contributed by atoms with Crippen molar-refractivity contribution in [1.82, 2.24) is 9.47 Å². The monoisotopic (exact) mass is 365 g/mol. The van der Waals surface area contributed by atoms with Crippen molar-refractivity contribution in [1.29, 1.82) is 0 Å². The molecule has 0 saturated heterocycles. The summed E-state index contributed by atoms with van der Waals surface area (Å²) in [7, 11) is 0. The van der Waals surface area contributed by atoms with Crippen LogP contribution in [-0.4, -0.2) is 22.0 Å². The predicted molar refractivity (Wildman–Crippen MR) is 106 cm³/mol. The quantitative estimate of drug-likeness (QED) is 0.695. The highest BCUT2D eigenvalue weighted by Crippen LogP contribution is 2.30. The van der Waals surface area contributed by atoms with Crippen molar-refractivity contribution in [3.8, 4) is 0 Å². The van der Waals surface area contributed by atoms with Crippen molar-refractivity contribution < 1.29 is 9.18 Å². The summed E-state index contributed by atoms with van der Waals surface area (Å²) < 4.78 is 15.4. The molecule has 0 unspecified atom stereocenters. The van der Waals surface area contributed by atoms with E-state index in [-0.39, 0.29) is 11.8 Å². The molecule has 1 aliphatic rings. The van der Waals surface area contributed by atoms with Crippen molar-refractivity contribution in [3.05, 3.63) is 65.6 Å². The van der Waals surface area contributed by atoms with Crippen LogP contribution in [0.15, 0.2) is 48.7 Å². The van der Waals surface area contributed by atoms with Crippen LogP contribution in [0.1, 0.15) is 25.0 Å². The molecule has 27 heavy (non-hydrogen) atoms. The van der Waals surface area contributed by atoms with Gasteiger partial charge in [-0.05, 0) is 53.8 Å². The molecule has 0 spiro atoms. The normalized spacial score (nSPS) is 13.9. The number of aromatic nitrogens is 1. The first-order chi connectivity index (χ1) is 13.0. The van der Waals surface area contributed by atoms with Crippen LogP contribution in [0.4, 0.5) is 14.9 Å². The molecule has 140 valence electrons. The largest absolute Gasteiger partial charge is 0.347 e. The van der Waals surface area contributed by atoms with E-state index in [9.17, 15) is 9.18 Å². The highest BCUT2D eigenvalue weighted by molar-refractivity contribution is 5.91. The molecule has 2 amide bonds. The molecule has 1 aliphatic heterocycles. The maximum atomic E-state index is 13.1. The van der Waals surface area contributed by atoms with Crippen LogP contribution in [0.5, 0.6) is 0 Å². The number of carbonyl (C=O) groups excluding carboxylic acids is 1. The molecule has 2 aromatic carbocycles. The number of benzene rings is 2. The Hall–Kier alpha value is -2.82. The Morgan fingerprint density at radius 3 is 2.67 bits per heavy atom. The average Bonchev–Trinajstić information content (AvgIpc) is 2.86. The van der Waals surface area contributed by atoms with Gasteiger partial charge in [0.25, 0.3) is 0 Å². The minimum atomic E-state index is -0.313. The lowest BCUT2D eigenvalue weighted by Gasteiger charge is -2.22. The number of rotatable bonds is 3. The number of halogens is 1. The number of hydrogen-bond donors (Lipinski definition) is 1. The average molecular weight is 365 g/mol. The third-order valence-corrected chi connectivity index (χ3v) is 5.03. The van der Waals surface area contributed by atoms with Gasteiger partial charge in [-0.3, -0.25) is 0 Å². The SMILES string of the molecule is CC(C)Cn1cc2c3c(cccc31)CN(C(=O)Nc1ccc(F)cc1)CC2. The highest BCUT2D eigenvalue weighted by atomic mass is 19.1. The first kappa shape index (κ1) is 17.6. The number of amides is 2. The Bertz CT molecular complexity index is 975. The minimum Gasteiger partial charge on any atom is -0.347 e. The van der Waals surface area contributed by atoms with E-state index in [4.69, 9.17) is 0 Å². The van der Waals surface area contributed by atoms with Crippen LogP contribution in [0.25, 0.3) is 10.9 Å². The van der Waals surface area contributed by atoms with E-state index in [0.717, 1.165) is 13.0 Å². The van der Waals surface area contributed by atoms with Gasteiger partial charge in [0.15, 0.2) is 0 Å². The maximum absolute atomic E-state index is 13.1. The van der Waals surface area contributed by atoms with Gasteiger partial charge in [0, 0.05) is 42.4 Å². The highest BCUT2D eigenvalue weighted by Gasteiger charge is 2.22. The van der Waals surface area contributed by atoms with Crippen LogP contribution in [0.2, 0.25) is 0 Å². The molecule has 1 aromatic heterocycles. The zero-order chi connectivity index (χ0) is 19.0. The third kappa shape index (κ3) is 3.54. The summed E-state index contributed by atoms with van der Waals surface area (Å²) in [6.45, 7) is 6.67. The van der Waals surface area contributed by atoms with Crippen LogP contribution in [0, 0.1) is 11.7 Å². The number of carbonyl (C=O) groups is 1. The van der Waals surface area contributed by atoms with E-state index < -0.39 is 0 Å². The van der Waals surface area contributed by atoms with Crippen LogP contribution in [0.3, 0.4) is 0 Å². The van der Waals surface area contributed by atoms with Crippen molar-refractivity contribution >= 4 is 22.6 Å². The topological polar surface area (TPSA) is 37.3 Å². The van der Waals surface area contributed by atoms with Gasteiger partial charge in [-0.1, -0.05) is 26.0 Å². The van der Waals surface area contributed by atoms with Crippen molar-refractivity contribution in [3.63, 3.8) is 0 Å². The van der Waals surface area contributed by atoms with Gasteiger partial charge >= 0.3 is 6.03 Å². The predicted octanol–water partition coefficient (Wildman–Crippen LogP) is 5.03. The molecule has 5 heteroatoms. The lowest BCUT2D eigenvalue weighted by Crippen LogP contribution is -2.35. The summed E-state index contributed by atoms with van der Waals surface area (Å²) in [5, 5.41) is 4.16. The number of nitrogens with one attached hydrogen (secondary N) is 1. The molecule has 0 saturated carbocycles. The van der Waals surface area contributed by atoms with Crippen LogP contribution in [-0.2, 0) is 19.5 Å². The van der Waals surface area contributed by atoms with Crippen LogP contribution < -0.4 is 5.32 Å². The van der Waals surface area contributed by atoms with Gasteiger partial charge in [0.2, 0.25) is 0 Å². The summed E-state index contributed by atoms with van der Waals surface area (Å²) in [5.41, 5.74) is 4.33. The zero-order valence-corrected chi connectivity index (χ0v) is 15.7. The molecule has 3 aromatic rings. The van der Waals surface area contributed by atoms with E-state index in [1.54, 1.807) is 12.1 Å². The van der Waals surface area contributed by atoms with Crippen molar-refractivity contribution in [2.24, 2.45) is 5.92 Å². The van der Waals surface area contributed by atoms with Crippen LogP contribution >= 0.6 is 0 Å². The molecule has 0 atom stereocenters. The number of nitrogens with zero attached hydrogens (tertiary/aromatic N) is 2. The van der Waals surface area contributed by atoms with Gasteiger partial charge < -0.3 is 14.8 Å². The molecule has 0 aliphatic carbocycles. The van der Waals surface area contributed by atoms with E-state index in [1.807, 2.05) is 4.90 Å². The number of urea groups is 1. The Balaban J connectivity index is 1.59. The summed E-state index contributed by atoms with van der Waals surface area (Å²) in [6.07, 6.45) is 3.07. The van der Waals surface area contributed by atoms with Gasteiger partial charge in [-0.2, -0.15) is 0 Å². The second-order valence-electron chi connectivity index (χ2n) is 7.62. The van der Waals surface area contributed by atoms with E-state index in [0.29, 0.717) is 24.7 Å². The second kappa shape index (κ2) is 7.06. The summed E-state index contributed by atoms with van der Waals surface area (Å²) in [6, 6.07) is 12.0. The van der Waals surface area contributed by atoms with Gasteiger partial charge in [-0.25, -0.2) is 9.18 Å². The van der Waals surface area contributed by atoms with Gasteiger partial charge in [-0.15, -0.1) is 0 Å². The smallest absolute Gasteiger partial charge is 0.322 e. The zero-order valence-electron chi connectivity index (χ0n) is 15.7. The summed E-state index contributed by atoms with van der Waals surface area (Å²) in [4.78, 5) is 14.5. The fourth-order valence-corrected chi connectivity index (χ4v) is 3.83. The number of hydrogen-bond acceptors (Lipinski definition) is 1. The van der Waals surface area contributed by atoms with Crippen molar-refractivity contribution in [2.75, 3.05) is 11.9 Å². The molecule has 0 radical (unpaired) electrons. The molecular formula is C22H24FN3O. The third-order valence-electron chi connectivity index (χ3n) is 5.03. The standard InChI is InChI=1S/C22H24FN3O/c1-15(2)12-26-14-17-10-11-25(13-16-4-3-5-20(26)21(16)17)22(27)24-19-8-6-18(23)7-9-19/h3-9,14-15H,10-13H2,1-2H3,(H,24,27). The fraction of sp³-hybridized carbons (Fsp3) is 0.318. The number of anilines is 1. The molecule has 1 N–H and O–H groups in total. The molecule has 0 fully saturated rings. The fourth-order valence-electron chi connectivity index (χ4n) is 3.83. The molecule has 0 bridgehead atoms. The lowest BCUT2D eigenvalue weighted by molar-refractivity contribution is 0.210. The molecule has 4 nitrogen and oxygen atoms in total. The Morgan fingerprint density at radius 1 is 1.15 bits per heavy atom. The molecule has 4 rings (SSSR count). The Kier molecular flexibility index (Phi) is 4.60. The molecular weight excluding hydrogens is 341 g/mol. The first-order valence-corrected chi connectivity index (χ1v) is 9.42. The molecule has 2 heterocycles. The second-order valence-corrected chi connectivity index (χ2v) is 7.62. The van der Waals surface area contributed by atoms with Gasteiger partial charge in [0.05, 0.1) is 0 Å². The first-order valence-electron chi connectivity index (χ1n) is 9.42. The van der Waals surface area contributed by atoms with E-state index in [1.165, 1.54) is 34.2 Å². The van der Waals surface area contributed by atoms with E-state index in [2.05, 4.69) is 48.1 Å². The summed E-state index contributed by atoms with van der Waals surface area (Å²) >= 11 is 0. The summed E-state index contributed by atoms with van der Waals surface area (Å²) in [5.74, 6) is 0.269. The Morgan fingerprint density at radius 2 is 1.93 bits per heavy atom. The maximum Gasteiger partial charge on any atom is 0.322 e.